The molecule has 0 aliphatic carbocycles. The van der Waals surface area contributed by atoms with E-state index < -0.39 is 0 Å². The predicted molar refractivity (Wildman–Crippen MR) is 181 cm³/mol. The molecule has 13 nitrogen and oxygen atoms in total. The van der Waals surface area contributed by atoms with E-state index in [0.29, 0.717) is 60.7 Å². The molecule has 2 N–H and O–H groups in total. The summed E-state index contributed by atoms with van der Waals surface area (Å²) in [5.74, 6) is 1.04. The van der Waals surface area contributed by atoms with Gasteiger partial charge in [0.15, 0.2) is 0 Å². The van der Waals surface area contributed by atoms with Crippen molar-refractivity contribution in [3.63, 3.8) is 0 Å². The van der Waals surface area contributed by atoms with Crippen molar-refractivity contribution in [1.82, 2.24) is 38.7 Å². The molecule has 0 unspecified atom stereocenters. The highest BCUT2D eigenvalue weighted by Gasteiger charge is 2.21. The van der Waals surface area contributed by atoms with Crippen molar-refractivity contribution < 1.29 is 14.3 Å². The molecule has 0 radical (unpaired) electrons. The molecule has 6 rings (SSSR count). The molecule has 0 saturated carbocycles. The van der Waals surface area contributed by atoms with Gasteiger partial charge in [0.25, 0.3) is 11.8 Å². The van der Waals surface area contributed by atoms with Gasteiger partial charge in [-0.3, -0.25) is 29.6 Å². The SMILES string of the molecule is CCn1nc(C)cc1C(=O)Nc1nc2cc(C)ccc2n1CCCCn1c(NC(=O)c2cc(C)nn2CC)nc2c(OC)cccc21. The van der Waals surface area contributed by atoms with Gasteiger partial charge in [-0.05, 0) is 89.4 Å². The number of carbonyl (C=O) groups excluding carboxylic acids is 2. The summed E-state index contributed by atoms with van der Waals surface area (Å²) in [6.45, 7) is 12.0. The summed E-state index contributed by atoms with van der Waals surface area (Å²) in [6, 6.07) is 15.4. The van der Waals surface area contributed by atoms with Crippen LogP contribution in [0.15, 0.2) is 48.5 Å². The van der Waals surface area contributed by atoms with E-state index in [4.69, 9.17) is 14.7 Å². The Morgan fingerprint density at radius 2 is 1.32 bits per heavy atom. The lowest BCUT2D eigenvalue weighted by Gasteiger charge is -2.13. The highest BCUT2D eigenvalue weighted by atomic mass is 16.5. The minimum absolute atomic E-state index is 0.250. The highest BCUT2D eigenvalue weighted by molar-refractivity contribution is 6.04. The number of fused-ring (bicyclic) bond motifs is 2. The molecule has 6 aromatic rings. The molecule has 0 atom stereocenters. The number of aromatic nitrogens is 8. The number of unbranched alkanes of at least 4 members (excludes halogenated alkanes) is 1. The summed E-state index contributed by atoms with van der Waals surface area (Å²) < 4.78 is 13.0. The molecule has 0 aliphatic rings. The second-order valence-corrected chi connectivity index (χ2v) is 11.6. The van der Waals surface area contributed by atoms with Gasteiger partial charge in [0.2, 0.25) is 11.9 Å². The summed E-state index contributed by atoms with van der Waals surface area (Å²) in [6.07, 6.45) is 1.53. The van der Waals surface area contributed by atoms with Crippen molar-refractivity contribution in [2.24, 2.45) is 0 Å². The summed E-state index contributed by atoms with van der Waals surface area (Å²) in [5, 5.41) is 14.9. The second-order valence-electron chi connectivity index (χ2n) is 11.6. The van der Waals surface area contributed by atoms with Crippen LogP contribution in [-0.4, -0.2) is 57.6 Å². The fourth-order valence-electron chi connectivity index (χ4n) is 5.98. The molecule has 244 valence electrons. The number of nitrogens with zero attached hydrogens (tertiary/aromatic N) is 8. The number of carbonyl (C=O) groups is 2. The Morgan fingerprint density at radius 1 is 0.745 bits per heavy atom. The number of anilines is 2. The van der Waals surface area contributed by atoms with E-state index in [1.165, 1.54) is 0 Å². The van der Waals surface area contributed by atoms with Crippen LogP contribution < -0.4 is 15.4 Å². The standard InChI is InChI=1S/C34H40N10O3/c1-7-43-27(19-22(4)39-43)31(45)37-33-35-24-18-21(3)14-15-25(24)41(33)16-9-10-17-42-26-12-11-13-29(47-6)30(26)36-34(42)38-32(46)28-20-23(5)40-44(28)8-2/h11-15,18-20H,7-10,16-17H2,1-6H3,(H,35,37,45)(H,36,38,46). The maximum Gasteiger partial charge on any atom is 0.276 e. The third kappa shape index (κ3) is 6.20. The molecule has 0 aliphatic heterocycles. The summed E-state index contributed by atoms with van der Waals surface area (Å²) >= 11 is 0. The normalized spacial score (nSPS) is 11.4. The largest absolute Gasteiger partial charge is 0.494 e. The predicted octanol–water partition coefficient (Wildman–Crippen LogP) is 5.74. The zero-order chi connectivity index (χ0) is 33.2. The molecular formula is C34H40N10O3. The Labute approximate surface area is 272 Å². The van der Waals surface area contributed by atoms with Crippen LogP contribution in [0, 0.1) is 20.8 Å². The smallest absolute Gasteiger partial charge is 0.276 e. The zero-order valence-corrected chi connectivity index (χ0v) is 27.7. The maximum atomic E-state index is 13.4. The van der Waals surface area contributed by atoms with E-state index in [9.17, 15) is 9.59 Å². The number of hydrogen-bond donors (Lipinski definition) is 2. The molecule has 0 spiro atoms. The quantitative estimate of drug-likeness (QED) is 0.163. The average molecular weight is 637 g/mol. The van der Waals surface area contributed by atoms with Crippen LogP contribution in [0.5, 0.6) is 5.75 Å². The molecule has 13 heteroatoms. The van der Waals surface area contributed by atoms with Crippen LogP contribution in [0.3, 0.4) is 0 Å². The van der Waals surface area contributed by atoms with Crippen LogP contribution in [0.4, 0.5) is 11.9 Å². The van der Waals surface area contributed by atoms with Crippen molar-refractivity contribution in [3.8, 4) is 5.75 Å². The fraction of sp³-hybridized carbons (Fsp3) is 0.353. The number of nitrogens with one attached hydrogen (secondary N) is 2. The third-order valence-corrected chi connectivity index (χ3v) is 8.20. The lowest BCUT2D eigenvalue weighted by Crippen LogP contribution is -2.20. The first-order chi connectivity index (χ1) is 22.7. The number of ether oxygens (including phenoxy) is 1. The second kappa shape index (κ2) is 13.1. The van der Waals surface area contributed by atoms with E-state index in [1.54, 1.807) is 28.6 Å². The Hall–Kier alpha value is -5.46. The van der Waals surface area contributed by atoms with Gasteiger partial charge in [-0.15, -0.1) is 0 Å². The number of amides is 2. The molecule has 4 aromatic heterocycles. The van der Waals surface area contributed by atoms with E-state index in [2.05, 4.69) is 25.4 Å². The third-order valence-electron chi connectivity index (χ3n) is 8.20. The van der Waals surface area contributed by atoms with E-state index >= 15 is 0 Å². The Bertz CT molecular complexity index is 2100. The minimum Gasteiger partial charge on any atom is -0.494 e. The van der Waals surface area contributed by atoms with Gasteiger partial charge >= 0.3 is 0 Å². The van der Waals surface area contributed by atoms with E-state index in [-0.39, 0.29) is 11.8 Å². The number of aryl methyl sites for hydroxylation is 7. The zero-order valence-electron chi connectivity index (χ0n) is 27.7. The molecule has 4 heterocycles. The molecule has 2 amide bonds. The maximum absolute atomic E-state index is 13.4. The topological polar surface area (TPSA) is 139 Å². The summed E-state index contributed by atoms with van der Waals surface area (Å²) in [7, 11) is 1.61. The van der Waals surface area contributed by atoms with Crippen molar-refractivity contribution in [1.29, 1.82) is 0 Å². The van der Waals surface area contributed by atoms with Gasteiger partial charge in [0, 0.05) is 26.2 Å². The number of imidazole rings is 2. The lowest BCUT2D eigenvalue weighted by atomic mass is 10.2. The van der Waals surface area contributed by atoms with Gasteiger partial charge in [0.1, 0.15) is 22.7 Å². The highest BCUT2D eigenvalue weighted by Crippen LogP contribution is 2.29. The van der Waals surface area contributed by atoms with Gasteiger partial charge in [-0.2, -0.15) is 10.2 Å². The molecular weight excluding hydrogens is 596 g/mol. The van der Waals surface area contributed by atoms with Crippen molar-refractivity contribution in [2.45, 2.75) is 73.6 Å². The number of hydrogen-bond acceptors (Lipinski definition) is 7. The lowest BCUT2D eigenvalue weighted by molar-refractivity contribution is 0.100. The average Bonchev–Trinajstić information content (AvgIpc) is 3.81. The van der Waals surface area contributed by atoms with Crippen LogP contribution in [0.2, 0.25) is 0 Å². The van der Waals surface area contributed by atoms with Crippen LogP contribution in [0.1, 0.15) is 64.6 Å². The van der Waals surface area contributed by atoms with Crippen LogP contribution in [0.25, 0.3) is 22.1 Å². The molecule has 0 saturated heterocycles. The summed E-state index contributed by atoms with van der Waals surface area (Å²) in [4.78, 5) is 36.3. The van der Waals surface area contributed by atoms with Crippen LogP contribution >= 0.6 is 0 Å². The Kier molecular flexibility index (Phi) is 8.79. The van der Waals surface area contributed by atoms with Crippen molar-refractivity contribution in [3.05, 3.63) is 76.9 Å². The number of para-hydroxylation sites is 1. The van der Waals surface area contributed by atoms with Crippen LogP contribution in [-0.2, 0) is 26.2 Å². The first kappa shape index (κ1) is 31.5. The first-order valence-corrected chi connectivity index (χ1v) is 15.9. The van der Waals surface area contributed by atoms with E-state index in [0.717, 1.165) is 46.3 Å². The van der Waals surface area contributed by atoms with Gasteiger partial charge in [-0.25, -0.2) is 9.97 Å². The summed E-state index contributed by atoms with van der Waals surface area (Å²) in [5.41, 5.74) is 6.92. The van der Waals surface area contributed by atoms with Gasteiger partial charge < -0.3 is 13.9 Å². The van der Waals surface area contributed by atoms with Crippen molar-refractivity contribution >= 4 is 45.8 Å². The van der Waals surface area contributed by atoms with Crippen molar-refractivity contribution in [2.75, 3.05) is 17.7 Å². The Morgan fingerprint density at radius 3 is 1.89 bits per heavy atom. The number of rotatable bonds is 12. The van der Waals surface area contributed by atoms with Gasteiger partial charge in [-0.1, -0.05) is 12.1 Å². The number of methoxy groups -OCH3 is 1. The Balaban J connectivity index is 1.24. The molecule has 47 heavy (non-hydrogen) atoms. The first-order valence-electron chi connectivity index (χ1n) is 15.9. The molecule has 2 aromatic carbocycles. The molecule has 0 bridgehead atoms. The van der Waals surface area contributed by atoms with Gasteiger partial charge in [0.05, 0.1) is 35.0 Å². The minimum atomic E-state index is -0.275. The molecule has 0 fully saturated rings. The van der Waals surface area contributed by atoms with E-state index in [1.807, 2.05) is 75.6 Å². The fourth-order valence-corrected chi connectivity index (χ4v) is 5.98. The monoisotopic (exact) mass is 636 g/mol. The number of benzene rings is 2.